The van der Waals surface area contributed by atoms with Crippen molar-refractivity contribution >= 4 is 78.8 Å². The summed E-state index contributed by atoms with van der Waals surface area (Å²) in [4.78, 5) is 29.5. The molecule has 0 bridgehead atoms. The van der Waals surface area contributed by atoms with Gasteiger partial charge in [0.05, 0.1) is 45.1 Å². The Labute approximate surface area is 246 Å². The molecule has 10 heteroatoms. The average Bonchev–Trinajstić information content (AvgIpc) is 3.64. The molecule has 5 aromatic rings. The van der Waals surface area contributed by atoms with E-state index < -0.39 is 0 Å². The molecule has 202 valence electrons. The molecule has 1 amide bonds. The number of halogens is 2. The van der Waals surface area contributed by atoms with Crippen molar-refractivity contribution in [1.29, 1.82) is 0 Å². The Morgan fingerprint density at radius 3 is 2.72 bits per heavy atom. The van der Waals surface area contributed by atoms with Crippen LogP contribution in [0.4, 0.5) is 5.13 Å². The Bertz CT molecular complexity index is 1600. The molecule has 0 atom stereocenters. The van der Waals surface area contributed by atoms with Crippen LogP contribution >= 0.6 is 46.7 Å². The number of pyridine rings is 1. The molecular weight excluding hydrogens is 571 g/mol. The van der Waals surface area contributed by atoms with Crippen LogP contribution in [0.3, 0.4) is 0 Å². The smallest absolute Gasteiger partial charge is 0.260 e. The predicted octanol–water partition coefficient (Wildman–Crippen LogP) is 7.33. The third-order valence-corrected chi connectivity index (χ3v) is 9.24. The van der Waals surface area contributed by atoms with Crippen LogP contribution in [0.25, 0.3) is 31.7 Å². The maximum absolute atomic E-state index is 14.4. The summed E-state index contributed by atoms with van der Waals surface area (Å²) in [5, 5.41) is 4.24. The van der Waals surface area contributed by atoms with Gasteiger partial charge < -0.3 is 4.74 Å². The highest BCUT2D eigenvalue weighted by Gasteiger charge is 2.25. The minimum Gasteiger partial charge on any atom is -0.379 e. The quantitative estimate of drug-likeness (QED) is 0.196. The minimum absolute atomic E-state index is 0. The van der Waals surface area contributed by atoms with Gasteiger partial charge >= 0.3 is 0 Å². The number of carbonyl (C=O) groups excluding carboxylic acids is 1. The van der Waals surface area contributed by atoms with E-state index in [4.69, 9.17) is 26.3 Å². The van der Waals surface area contributed by atoms with Gasteiger partial charge in [-0.3, -0.25) is 14.6 Å². The van der Waals surface area contributed by atoms with Gasteiger partial charge in [0, 0.05) is 36.6 Å². The summed E-state index contributed by atoms with van der Waals surface area (Å²) >= 11 is 9.55. The molecule has 1 fully saturated rings. The van der Waals surface area contributed by atoms with Crippen molar-refractivity contribution < 1.29 is 9.53 Å². The Kier molecular flexibility index (Phi) is 8.81. The summed E-state index contributed by atoms with van der Waals surface area (Å²) < 4.78 is 6.52. The molecule has 0 radical (unpaired) electrons. The van der Waals surface area contributed by atoms with E-state index in [2.05, 4.69) is 4.90 Å². The number of hydrogen-bond acceptors (Lipinski definition) is 7. The van der Waals surface area contributed by atoms with Gasteiger partial charge in [0.1, 0.15) is 0 Å². The maximum Gasteiger partial charge on any atom is 0.260 e. The van der Waals surface area contributed by atoms with Crippen molar-refractivity contribution in [3.8, 4) is 10.6 Å². The Hall–Kier alpha value is -2.59. The van der Waals surface area contributed by atoms with E-state index in [9.17, 15) is 4.79 Å². The van der Waals surface area contributed by atoms with Gasteiger partial charge in [-0.15, -0.1) is 23.7 Å². The number of amides is 1. The molecule has 6 nitrogen and oxygen atoms in total. The van der Waals surface area contributed by atoms with Crippen molar-refractivity contribution in [3.05, 3.63) is 76.1 Å². The van der Waals surface area contributed by atoms with Crippen molar-refractivity contribution in [1.82, 2.24) is 14.9 Å². The molecule has 0 N–H and O–H groups in total. The highest BCUT2D eigenvalue weighted by atomic mass is 35.5. The third-order valence-electron chi connectivity index (χ3n) is 6.89. The highest BCUT2D eigenvalue weighted by molar-refractivity contribution is 7.22. The van der Waals surface area contributed by atoms with Gasteiger partial charge in [0.2, 0.25) is 0 Å². The number of thiazole rings is 1. The van der Waals surface area contributed by atoms with Crippen LogP contribution in [-0.2, 0) is 4.74 Å². The van der Waals surface area contributed by atoms with Crippen molar-refractivity contribution in [2.45, 2.75) is 13.3 Å². The summed E-state index contributed by atoms with van der Waals surface area (Å²) in [5.41, 5.74) is 4.03. The summed E-state index contributed by atoms with van der Waals surface area (Å²) in [6, 6.07) is 17.7. The first-order valence-electron chi connectivity index (χ1n) is 12.7. The Morgan fingerprint density at radius 1 is 1.10 bits per heavy atom. The van der Waals surface area contributed by atoms with E-state index in [1.807, 2.05) is 71.8 Å². The van der Waals surface area contributed by atoms with Crippen LogP contribution < -0.4 is 4.90 Å². The van der Waals surface area contributed by atoms with Gasteiger partial charge in [-0.1, -0.05) is 47.2 Å². The van der Waals surface area contributed by atoms with E-state index in [0.717, 1.165) is 76.5 Å². The van der Waals surface area contributed by atoms with Gasteiger partial charge in [-0.2, -0.15) is 0 Å². The summed E-state index contributed by atoms with van der Waals surface area (Å²) in [7, 11) is 0. The fourth-order valence-corrected chi connectivity index (χ4v) is 6.70. The number of aryl methyl sites for hydroxylation is 1. The molecule has 0 spiro atoms. The van der Waals surface area contributed by atoms with E-state index in [1.54, 1.807) is 11.3 Å². The number of nitrogens with zero attached hydrogens (tertiary/aromatic N) is 4. The molecule has 3 aromatic heterocycles. The number of fused-ring (bicyclic) bond motifs is 2. The molecule has 39 heavy (non-hydrogen) atoms. The number of morpholine rings is 1. The van der Waals surface area contributed by atoms with E-state index >= 15 is 0 Å². The minimum atomic E-state index is -0.0637. The van der Waals surface area contributed by atoms with Gasteiger partial charge in [0.15, 0.2) is 5.13 Å². The van der Waals surface area contributed by atoms with Gasteiger partial charge in [-0.25, -0.2) is 9.97 Å². The number of benzene rings is 2. The number of thiophene rings is 1. The summed E-state index contributed by atoms with van der Waals surface area (Å²) in [6.07, 6.45) is 0.836. The molecule has 0 aliphatic carbocycles. The second-order valence-corrected chi connectivity index (χ2v) is 11.7. The third kappa shape index (κ3) is 5.82. The lowest BCUT2D eigenvalue weighted by molar-refractivity contribution is 0.0376. The first-order valence-corrected chi connectivity index (χ1v) is 14.8. The average molecular weight is 600 g/mol. The molecule has 6 rings (SSSR count). The number of anilines is 1. The lowest BCUT2D eigenvalue weighted by Gasteiger charge is -2.28. The number of hydrogen-bond donors (Lipinski definition) is 0. The lowest BCUT2D eigenvalue weighted by Crippen LogP contribution is -2.39. The summed E-state index contributed by atoms with van der Waals surface area (Å²) in [6.45, 7) is 6.80. The van der Waals surface area contributed by atoms with Crippen LogP contribution in [0.2, 0.25) is 5.02 Å². The SMILES string of the molecule is Cc1c(Cl)ccc2sc(N(CCCN3CCOCC3)C(=O)c3cc(-c4cccs4)nc4ccccc34)nc12.Cl. The zero-order valence-corrected chi connectivity index (χ0v) is 24.6. The molecule has 4 heterocycles. The number of aromatic nitrogens is 2. The van der Waals surface area contributed by atoms with Crippen molar-refractivity contribution in [3.63, 3.8) is 0 Å². The zero-order valence-electron chi connectivity index (χ0n) is 21.4. The van der Waals surface area contributed by atoms with Crippen molar-refractivity contribution in [2.24, 2.45) is 0 Å². The van der Waals surface area contributed by atoms with Crippen LogP contribution in [0.15, 0.2) is 60.0 Å². The molecular formula is C29H28Cl2N4O2S2. The van der Waals surface area contributed by atoms with E-state index in [-0.39, 0.29) is 18.3 Å². The molecule has 2 aromatic carbocycles. The second kappa shape index (κ2) is 12.3. The first-order chi connectivity index (χ1) is 18.6. The maximum atomic E-state index is 14.4. The topological polar surface area (TPSA) is 58.6 Å². The van der Waals surface area contributed by atoms with Crippen molar-refractivity contribution in [2.75, 3.05) is 44.3 Å². The number of carbonyl (C=O) groups is 1. The van der Waals surface area contributed by atoms with E-state index in [1.165, 1.54) is 11.3 Å². The van der Waals surface area contributed by atoms with Crippen LogP contribution in [0.1, 0.15) is 22.3 Å². The fraction of sp³-hybridized carbons (Fsp3) is 0.276. The molecule has 1 aliphatic rings. The zero-order chi connectivity index (χ0) is 26.1. The van der Waals surface area contributed by atoms with Crippen LogP contribution in [0, 0.1) is 6.92 Å². The Balaban J connectivity index is 0.00000308. The van der Waals surface area contributed by atoms with Crippen LogP contribution in [0.5, 0.6) is 0 Å². The predicted molar refractivity (Wildman–Crippen MR) is 165 cm³/mol. The molecule has 1 aliphatic heterocycles. The molecule has 0 saturated carbocycles. The summed E-state index contributed by atoms with van der Waals surface area (Å²) in [5.74, 6) is -0.0637. The second-order valence-electron chi connectivity index (χ2n) is 9.33. The Morgan fingerprint density at radius 2 is 1.92 bits per heavy atom. The number of ether oxygens (including phenoxy) is 1. The number of para-hydroxylation sites is 1. The van der Waals surface area contributed by atoms with Gasteiger partial charge in [0.25, 0.3) is 5.91 Å². The number of rotatable bonds is 7. The standard InChI is InChI=1S/C29H27ClN4O2S2.ClH/c1-19-22(30)9-10-26-27(19)32-29(38-26)34(12-5-11-33-13-15-36-16-14-33)28(35)21-18-24(25-8-4-17-37-25)31-23-7-3-2-6-20(21)23;/h2-4,6-10,17-18H,5,11-16H2,1H3;1H. The van der Waals surface area contributed by atoms with Gasteiger partial charge in [-0.05, 0) is 54.6 Å². The molecule has 1 saturated heterocycles. The van der Waals surface area contributed by atoms with Crippen LogP contribution in [-0.4, -0.2) is 60.2 Å². The normalized spacial score (nSPS) is 14.0. The monoisotopic (exact) mass is 598 g/mol. The lowest BCUT2D eigenvalue weighted by atomic mass is 10.1. The molecule has 0 unspecified atom stereocenters. The largest absolute Gasteiger partial charge is 0.379 e. The highest BCUT2D eigenvalue weighted by Crippen LogP contribution is 2.35. The first kappa shape index (κ1) is 28.0. The van der Waals surface area contributed by atoms with E-state index in [0.29, 0.717) is 22.3 Å². The fourth-order valence-electron chi connectivity index (χ4n) is 4.81.